The minimum Gasteiger partial charge on any atom is -0.392 e. The van der Waals surface area contributed by atoms with Gasteiger partial charge in [0.1, 0.15) is 29.0 Å². The normalized spacial score (nSPS) is 14.5. The van der Waals surface area contributed by atoms with Crippen molar-refractivity contribution in [2.45, 2.75) is 0 Å². The number of amides is 1. The van der Waals surface area contributed by atoms with E-state index in [1.54, 1.807) is 24.4 Å². The minimum absolute atomic E-state index is 0.0248. The highest BCUT2D eigenvalue weighted by atomic mass is 19.1. The number of rotatable bonds is 5. The van der Waals surface area contributed by atoms with Crippen LogP contribution in [0.4, 0.5) is 18.9 Å². The van der Waals surface area contributed by atoms with Crippen LogP contribution in [0.5, 0.6) is 0 Å². The first-order valence-corrected chi connectivity index (χ1v) is 9.02. The number of aliphatic imine (C=N–C) groups is 1. The predicted molar refractivity (Wildman–Crippen MR) is 112 cm³/mol. The Labute approximate surface area is 176 Å². The molecule has 0 unspecified atom stereocenters. The molecular weight excluding hydrogens is 409 g/mol. The summed E-state index contributed by atoms with van der Waals surface area (Å²) < 4.78 is 41.7. The second-order valence-corrected chi connectivity index (χ2v) is 6.44. The molecule has 0 bridgehead atoms. The van der Waals surface area contributed by atoms with E-state index in [-0.39, 0.29) is 17.9 Å². The van der Waals surface area contributed by atoms with Crippen LogP contribution in [0.1, 0.15) is 5.56 Å². The lowest BCUT2D eigenvalue weighted by atomic mass is 10.1. The molecule has 1 heterocycles. The van der Waals surface area contributed by atoms with Gasteiger partial charge in [0.2, 0.25) is 0 Å². The Balaban J connectivity index is 2.08. The third kappa shape index (κ3) is 4.75. The number of amidine groups is 1. The maximum Gasteiger partial charge on any atom is 0.297 e. The molecule has 1 aliphatic heterocycles. The van der Waals surface area contributed by atoms with E-state index in [0.29, 0.717) is 5.57 Å². The van der Waals surface area contributed by atoms with Gasteiger partial charge in [-0.2, -0.15) is 4.99 Å². The second-order valence-electron chi connectivity index (χ2n) is 6.44. The number of nitrogens with one attached hydrogen (secondary N) is 1. The number of para-hydroxylation sites is 1. The van der Waals surface area contributed by atoms with Gasteiger partial charge in [0.25, 0.3) is 5.91 Å². The summed E-state index contributed by atoms with van der Waals surface area (Å²) in [6, 6.07) is 8.19. The summed E-state index contributed by atoms with van der Waals surface area (Å²) in [6.45, 7) is 0.236. The Morgan fingerprint density at radius 2 is 1.81 bits per heavy atom. The summed E-state index contributed by atoms with van der Waals surface area (Å²) >= 11 is 0. The van der Waals surface area contributed by atoms with E-state index in [1.165, 1.54) is 18.2 Å². The third-order valence-corrected chi connectivity index (χ3v) is 4.37. The fourth-order valence-corrected chi connectivity index (χ4v) is 2.87. The highest BCUT2D eigenvalue weighted by Gasteiger charge is 2.23. The molecule has 2 aromatic rings. The van der Waals surface area contributed by atoms with Crippen LogP contribution in [0, 0.1) is 17.5 Å². The van der Waals surface area contributed by atoms with Gasteiger partial charge in [-0.3, -0.25) is 9.80 Å². The Morgan fingerprint density at radius 1 is 1.06 bits per heavy atom. The quantitative estimate of drug-likeness (QED) is 0.190. The van der Waals surface area contributed by atoms with E-state index in [2.05, 4.69) is 10.3 Å². The lowest BCUT2D eigenvalue weighted by Gasteiger charge is -2.26. The van der Waals surface area contributed by atoms with E-state index < -0.39 is 40.5 Å². The van der Waals surface area contributed by atoms with E-state index in [9.17, 15) is 18.0 Å². The molecule has 3 rings (SSSR count). The molecule has 1 aliphatic rings. The number of hydrogen-bond acceptors (Lipinski definition) is 5. The molecule has 10 heteroatoms. The minimum atomic E-state index is -1.06. The van der Waals surface area contributed by atoms with Gasteiger partial charge < -0.3 is 16.8 Å². The van der Waals surface area contributed by atoms with Gasteiger partial charge in [-0.05, 0) is 48.2 Å². The highest BCUT2D eigenvalue weighted by Crippen LogP contribution is 2.26. The molecule has 0 aromatic heterocycles. The first kappa shape index (κ1) is 21.7. The van der Waals surface area contributed by atoms with Gasteiger partial charge >= 0.3 is 0 Å². The van der Waals surface area contributed by atoms with Crippen molar-refractivity contribution in [1.82, 2.24) is 5.32 Å². The summed E-state index contributed by atoms with van der Waals surface area (Å²) in [5.41, 5.74) is 11.3. The van der Waals surface area contributed by atoms with E-state index in [1.807, 2.05) is 0 Å². The van der Waals surface area contributed by atoms with Crippen molar-refractivity contribution in [1.29, 1.82) is 0 Å². The van der Waals surface area contributed by atoms with Gasteiger partial charge in [0, 0.05) is 6.54 Å². The fraction of sp³-hybridized carbons (Fsp3) is 0.0476. The van der Waals surface area contributed by atoms with Gasteiger partial charge in [-0.1, -0.05) is 18.2 Å². The summed E-state index contributed by atoms with van der Waals surface area (Å²) in [4.78, 5) is 16.3. The molecule has 0 atom stereocenters. The van der Waals surface area contributed by atoms with Crippen molar-refractivity contribution < 1.29 is 18.0 Å². The summed E-state index contributed by atoms with van der Waals surface area (Å²) in [5, 5.41) is 3.85. The van der Waals surface area contributed by atoms with Crippen molar-refractivity contribution >= 4 is 17.4 Å². The molecule has 0 saturated carbocycles. The Hall–Kier alpha value is -4.05. The van der Waals surface area contributed by atoms with Gasteiger partial charge in [-0.15, -0.1) is 0 Å². The van der Waals surface area contributed by atoms with E-state index >= 15 is 0 Å². The van der Waals surface area contributed by atoms with Crippen LogP contribution in [0.3, 0.4) is 0 Å². The van der Waals surface area contributed by atoms with Gasteiger partial charge in [0.05, 0.1) is 16.9 Å². The molecule has 31 heavy (non-hydrogen) atoms. The molecule has 0 fully saturated rings. The number of benzene rings is 2. The summed E-state index contributed by atoms with van der Waals surface area (Å²) in [6.07, 6.45) is 4.93. The van der Waals surface area contributed by atoms with Crippen LogP contribution in [-0.2, 0) is 4.79 Å². The molecule has 1 amide bonds. The first-order valence-electron chi connectivity index (χ1n) is 9.02. The Morgan fingerprint density at radius 3 is 2.48 bits per heavy atom. The number of halogens is 3. The van der Waals surface area contributed by atoms with Gasteiger partial charge in [0.15, 0.2) is 0 Å². The molecule has 0 spiro atoms. The number of carbonyl (C=O) groups is 1. The zero-order valence-corrected chi connectivity index (χ0v) is 16.1. The Bertz CT molecular complexity index is 1140. The zero-order chi connectivity index (χ0) is 22.5. The average Bonchev–Trinajstić information content (AvgIpc) is 2.76. The van der Waals surface area contributed by atoms with Crippen molar-refractivity contribution in [3.63, 3.8) is 0 Å². The maximum atomic E-state index is 14.3. The number of nitrogens with two attached hydrogens (primary N) is 3. The average molecular weight is 428 g/mol. The highest BCUT2D eigenvalue weighted by molar-refractivity contribution is 6.09. The largest absolute Gasteiger partial charge is 0.392 e. The monoisotopic (exact) mass is 428 g/mol. The predicted octanol–water partition coefficient (Wildman–Crippen LogP) is 1.93. The van der Waals surface area contributed by atoms with E-state index in [4.69, 9.17) is 17.3 Å². The lowest BCUT2D eigenvalue weighted by Crippen LogP contribution is -2.37. The molecule has 0 radical (unpaired) electrons. The number of hydrogen-bond donors (Lipinski definition) is 4. The van der Waals surface area contributed by atoms with Crippen LogP contribution in [0.15, 0.2) is 82.8 Å². The number of hydrazine groups is 1. The fourth-order valence-electron chi connectivity index (χ4n) is 2.87. The smallest absolute Gasteiger partial charge is 0.297 e. The van der Waals surface area contributed by atoms with Crippen LogP contribution in [0.2, 0.25) is 0 Å². The Kier molecular flexibility index (Phi) is 6.41. The first-order chi connectivity index (χ1) is 14.8. The summed E-state index contributed by atoms with van der Waals surface area (Å²) in [5.74, 6) is 2.21. The molecule has 2 aromatic carbocycles. The van der Waals surface area contributed by atoms with Crippen LogP contribution in [0.25, 0.3) is 0 Å². The van der Waals surface area contributed by atoms with Crippen molar-refractivity contribution in [2.24, 2.45) is 22.3 Å². The zero-order valence-electron chi connectivity index (χ0n) is 16.1. The van der Waals surface area contributed by atoms with Crippen LogP contribution >= 0.6 is 0 Å². The van der Waals surface area contributed by atoms with Crippen molar-refractivity contribution in [3.05, 3.63) is 101 Å². The SMILES string of the molecule is NC(=NC(=O)/C(N)=C(\C1=CC=CNC1)N(N)c1ccccc1F)c1cc(F)ccc1F. The second kappa shape index (κ2) is 9.18. The third-order valence-electron chi connectivity index (χ3n) is 4.37. The molecule has 7 N–H and O–H groups in total. The number of nitrogens with zero attached hydrogens (tertiary/aromatic N) is 2. The maximum absolute atomic E-state index is 14.3. The number of carbonyl (C=O) groups excluding carboxylic acids is 1. The van der Waals surface area contributed by atoms with Gasteiger partial charge in [-0.25, -0.2) is 19.0 Å². The topological polar surface area (TPSA) is 123 Å². The molecule has 160 valence electrons. The lowest BCUT2D eigenvalue weighted by molar-refractivity contribution is -0.114. The number of allylic oxidation sites excluding steroid dienone is 2. The van der Waals surface area contributed by atoms with Crippen LogP contribution < -0.4 is 27.6 Å². The molecule has 7 nitrogen and oxygen atoms in total. The molecule has 0 saturated heterocycles. The standard InChI is InChI=1S/C21H19F3N6O/c22-13-7-8-15(23)14(10-13)20(26)29-21(31)18(25)19(12-4-3-9-28-11-12)30(27)17-6-2-1-5-16(17)24/h1-10,28H,11,25,27H2,(H2,26,29,31)/b19-18-. The number of dihydropyridines is 1. The molecule has 0 aliphatic carbocycles. The van der Waals surface area contributed by atoms with E-state index in [0.717, 1.165) is 23.2 Å². The van der Waals surface area contributed by atoms with Crippen LogP contribution in [-0.4, -0.2) is 18.3 Å². The van der Waals surface area contributed by atoms with Crippen molar-refractivity contribution in [3.8, 4) is 0 Å². The molecular formula is C21H19F3N6O. The number of anilines is 1. The van der Waals surface area contributed by atoms with Crippen molar-refractivity contribution in [2.75, 3.05) is 11.6 Å². The summed E-state index contributed by atoms with van der Waals surface area (Å²) in [7, 11) is 0.